The maximum atomic E-state index is 5.67. The minimum atomic E-state index is 0.398. The largest absolute Gasteiger partial charge is 0.496 e. The second-order valence-corrected chi connectivity index (χ2v) is 4.24. The van der Waals surface area contributed by atoms with Crippen LogP contribution in [0.15, 0.2) is 30.7 Å². The van der Waals surface area contributed by atoms with Crippen LogP contribution in [0.25, 0.3) is 22.2 Å². The fourth-order valence-corrected chi connectivity index (χ4v) is 2.01. The van der Waals surface area contributed by atoms with Crippen LogP contribution in [0, 0.1) is 0 Å². The van der Waals surface area contributed by atoms with Gasteiger partial charge in [0.05, 0.1) is 30.5 Å². The lowest BCUT2D eigenvalue weighted by atomic mass is 10.1. The van der Waals surface area contributed by atoms with Crippen molar-refractivity contribution in [3.8, 4) is 16.9 Å². The minimum Gasteiger partial charge on any atom is -0.496 e. The van der Waals surface area contributed by atoms with E-state index < -0.39 is 0 Å². The summed E-state index contributed by atoms with van der Waals surface area (Å²) < 4.78 is 7.15. The SMILES string of the molecule is COc1cc2ncc(N)nc2cc1-c1cnn(C)c1. The topological polar surface area (TPSA) is 78.8 Å². The molecule has 2 heterocycles. The first-order valence-electron chi connectivity index (χ1n) is 5.76. The Balaban J connectivity index is 2.27. The van der Waals surface area contributed by atoms with Gasteiger partial charge < -0.3 is 10.5 Å². The summed E-state index contributed by atoms with van der Waals surface area (Å²) in [6, 6.07) is 3.76. The number of hydrogen-bond acceptors (Lipinski definition) is 5. The summed E-state index contributed by atoms with van der Waals surface area (Å²) in [6.45, 7) is 0. The van der Waals surface area contributed by atoms with Gasteiger partial charge in [-0.2, -0.15) is 5.10 Å². The molecule has 0 bridgehead atoms. The van der Waals surface area contributed by atoms with Gasteiger partial charge in [-0.05, 0) is 6.07 Å². The van der Waals surface area contributed by atoms with Crippen LogP contribution in [0.4, 0.5) is 5.82 Å². The van der Waals surface area contributed by atoms with Gasteiger partial charge in [-0.15, -0.1) is 0 Å². The van der Waals surface area contributed by atoms with Gasteiger partial charge in [0.25, 0.3) is 0 Å². The molecule has 1 aromatic carbocycles. The van der Waals surface area contributed by atoms with Crippen molar-refractivity contribution >= 4 is 16.9 Å². The molecule has 3 aromatic rings. The normalized spacial score (nSPS) is 10.8. The number of hydrogen-bond donors (Lipinski definition) is 1. The monoisotopic (exact) mass is 255 g/mol. The summed E-state index contributed by atoms with van der Waals surface area (Å²) >= 11 is 0. The van der Waals surface area contributed by atoms with Gasteiger partial charge in [0.2, 0.25) is 0 Å². The van der Waals surface area contributed by atoms with Crippen LogP contribution >= 0.6 is 0 Å². The van der Waals surface area contributed by atoms with Gasteiger partial charge in [-0.3, -0.25) is 9.67 Å². The number of fused-ring (bicyclic) bond motifs is 1. The second kappa shape index (κ2) is 4.24. The average Bonchev–Trinajstić information content (AvgIpc) is 2.83. The quantitative estimate of drug-likeness (QED) is 0.752. The number of aromatic nitrogens is 4. The van der Waals surface area contributed by atoms with E-state index in [0.29, 0.717) is 5.82 Å². The number of nitrogen functional groups attached to an aromatic ring is 1. The molecule has 96 valence electrons. The maximum Gasteiger partial charge on any atom is 0.142 e. The first kappa shape index (κ1) is 11.5. The third-order valence-corrected chi connectivity index (χ3v) is 2.90. The summed E-state index contributed by atoms with van der Waals surface area (Å²) in [5.41, 5.74) is 9.03. The molecule has 0 saturated heterocycles. The molecule has 19 heavy (non-hydrogen) atoms. The third kappa shape index (κ3) is 1.97. The van der Waals surface area contributed by atoms with Crippen LogP contribution in [-0.4, -0.2) is 26.9 Å². The van der Waals surface area contributed by atoms with Crippen LogP contribution in [0.1, 0.15) is 0 Å². The Labute approximate surface area is 109 Å². The van der Waals surface area contributed by atoms with Crippen LogP contribution in [0.3, 0.4) is 0 Å². The van der Waals surface area contributed by atoms with Crippen LogP contribution < -0.4 is 10.5 Å². The van der Waals surface area contributed by atoms with E-state index in [9.17, 15) is 0 Å². The van der Waals surface area contributed by atoms with Crippen molar-refractivity contribution in [1.29, 1.82) is 0 Å². The Bertz CT molecular complexity index is 750. The molecule has 0 aliphatic heterocycles. The predicted octanol–water partition coefficient (Wildman–Crippen LogP) is 1.62. The molecular formula is C13H13N5O. The molecule has 6 heteroatoms. The summed E-state index contributed by atoms with van der Waals surface area (Å²) in [7, 11) is 3.50. The van der Waals surface area contributed by atoms with Gasteiger partial charge in [0.1, 0.15) is 11.6 Å². The molecule has 0 unspecified atom stereocenters. The molecule has 0 fully saturated rings. The molecule has 0 aliphatic carbocycles. The van der Waals surface area contributed by atoms with Gasteiger partial charge in [-0.1, -0.05) is 0 Å². The summed E-state index contributed by atoms with van der Waals surface area (Å²) in [5.74, 6) is 1.13. The lowest BCUT2D eigenvalue weighted by Crippen LogP contribution is -1.95. The number of benzene rings is 1. The van der Waals surface area contributed by atoms with Crippen molar-refractivity contribution in [2.24, 2.45) is 7.05 Å². The summed E-state index contributed by atoms with van der Waals surface area (Å²) in [4.78, 5) is 8.52. The smallest absolute Gasteiger partial charge is 0.142 e. The lowest BCUT2D eigenvalue weighted by Gasteiger charge is -2.08. The number of nitrogens with two attached hydrogens (primary N) is 1. The average molecular weight is 255 g/mol. The summed E-state index contributed by atoms with van der Waals surface area (Å²) in [6.07, 6.45) is 5.23. The van der Waals surface area contributed by atoms with E-state index in [1.807, 2.05) is 25.4 Å². The zero-order valence-electron chi connectivity index (χ0n) is 10.7. The molecule has 6 nitrogen and oxygen atoms in total. The fraction of sp³-hybridized carbons (Fsp3) is 0.154. The van der Waals surface area contributed by atoms with E-state index in [4.69, 9.17) is 10.5 Å². The van der Waals surface area contributed by atoms with Crippen molar-refractivity contribution in [3.05, 3.63) is 30.7 Å². The molecule has 0 radical (unpaired) electrons. The van der Waals surface area contributed by atoms with Crippen molar-refractivity contribution in [1.82, 2.24) is 19.7 Å². The third-order valence-electron chi connectivity index (χ3n) is 2.90. The van der Waals surface area contributed by atoms with E-state index >= 15 is 0 Å². The van der Waals surface area contributed by atoms with Crippen LogP contribution in [0.2, 0.25) is 0 Å². The van der Waals surface area contributed by atoms with Crippen LogP contribution in [0.5, 0.6) is 5.75 Å². The maximum absolute atomic E-state index is 5.67. The fourth-order valence-electron chi connectivity index (χ4n) is 2.01. The molecule has 0 amide bonds. The Hall–Kier alpha value is -2.63. The van der Waals surface area contributed by atoms with E-state index in [-0.39, 0.29) is 0 Å². The standard InChI is InChI=1S/C13H13N5O/c1-18-7-8(5-16-18)9-3-11-10(4-12(9)19-2)15-6-13(14)17-11/h3-7H,1-2H3,(H2,14,17). The predicted molar refractivity (Wildman–Crippen MR) is 72.7 cm³/mol. The first-order chi connectivity index (χ1) is 9.17. The molecule has 2 aromatic heterocycles. The Kier molecular flexibility index (Phi) is 2.56. The summed E-state index contributed by atoms with van der Waals surface area (Å²) in [5, 5.41) is 4.17. The van der Waals surface area contributed by atoms with Gasteiger partial charge >= 0.3 is 0 Å². The Morgan fingerprint density at radius 1 is 1.21 bits per heavy atom. The van der Waals surface area contributed by atoms with Gasteiger partial charge in [0.15, 0.2) is 0 Å². The molecule has 0 spiro atoms. The first-order valence-corrected chi connectivity index (χ1v) is 5.76. The molecular weight excluding hydrogens is 242 g/mol. The Morgan fingerprint density at radius 2 is 2.05 bits per heavy atom. The van der Waals surface area contributed by atoms with E-state index in [2.05, 4.69) is 15.1 Å². The van der Waals surface area contributed by atoms with E-state index in [1.165, 1.54) is 6.20 Å². The number of methoxy groups -OCH3 is 1. The molecule has 2 N–H and O–H groups in total. The number of nitrogens with zero attached hydrogens (tertiary/aromatic N) is 4. The second-order valence-electron chi connectivity index (χ2n) is 4.24. The van der Waals surface area contributed by atoms with Gasteiger partial charge in [0, 0.05) is 30.4 Å². The molecule has 0 saturated carbocycles. The van der Waals surface area contributed by atoms with Crippen molar-refractivity contribution < 1.29 is 4.74 Å². The molecule has 0 aliphatic rings. The van der Waals surface area contributed by atoms with E-state index in [1.54, 1.807) is 18.0 Å². The highest BCUT2D eigenvalue weighted by molar-refractivity contribution is 5.86. The van der Waals surface area contributed by atoms with E-state index in [0.717, 1.165) is 27.9 Å². The van der Waals surface area contributed by atoms with Crippen LogP contribution in [-0.2, 0) is 7.05 Å². The highest BCUT2D eigenvalue weighted by atomic mass is 16.5. The number of aryl methyl sites for hydroxylation is 1. The minimum absolute atomic E-state index is 0.398. The number of rotatable bonds is 2. The van der Waals surface area contributed by atoms with Crippen molar-refractivity contribution in [2.45, 2.75) is 0 Å². The zero-order chi connectivity index (χ0) is 13.4. The molecule has 3 rings (SSSR count). The zero-order valence-corrected chi connectivity index (χ0v) is 10.7. The Morgan fingerprint density at radius 3 is 2.74 bits per heavy atom. The highest BCUT2D eigenvalue weighted by Crippen LogP contribution is 2.32. The number of anilines is 1. The van der Waals surface area contributed by atoms with Crippen molar-refractivity contribution in [2.75, 3.05) is 12.8 Å². The molecule has 0 atom stereocenters. The lowest BCUT2D eigenvalue weighted by molar-refractivity contribution is 0.417. The van der Waals surface area contributed by atoms with Crippen molar-refractivity contribution in [3.63, 3.8) is 0 Å². The number of ether oxygens (including phenoxy) is 1. The highest BCUT2D eigenvalue weighted by Gasteiger charge is 2.11. The van der Waals surface area contributed by atoms with Gasteiger partial charge in [-0.25, -0.2) is 4.98 Å².